The quantitative estimate of drug-likeness (QED) is 0.876. The average Bonchev–Trinajstić information content (AvgIpc) is 2.38. The summed E-state index contributed by atoms with van der Waals surface area (Å²) in [5.74, 6) is -0.722. The Kier molecular flexibility index (Phi) is 4.33. The summed E-state index contributed by atoms with van der Waals surface area (Å²) in [5.41, 5.74) is 1.27. The van der Waals surface area contributed by atoms with E-state index in [0.29, 0.717) is 12.6 Å². The van der Waals surface area contributed by atoms with E-state index in [1.807, 2.05) is 18.2 Å². The van der Waals surface area contributed by atoms with Gasteiger partial charge in [-0.15, -0.1) is 0 Å². The van der Waals surface area contributed by atoms with Crippen LogP contribution in [0.4, 0.5) is 0 Å². The van der Waals surface area contributed by atoms with Gasteiger partial charge >= 0.3 is 5.97 Å². The van der Waals surface area contributed by atoms with E-state index in [1.165, 1.54) is 5.56 Å². The van der Waals surface area contributed by atoms with E-state index in [-0.39, 0.29) is 6.42 Å². The molecule has 1 aromatic carbocycles. The van der Waals surface area contributed by atoms with E-state index in [2.05, 4.69) is 29.0 Å². The van der Waals surface area contributed by atoms with Gasteiger partial charge in [0.2, 0.25) is 0 Å². The zero-order valence-electron chi connectivity index (χ0n) is 10.7. The maximum Gasteiger partial charge on any atom is 0.304 e. The van der Waals surface area contributed by atoms with Crippen LogP contribution in [0.2, 0.25) is 0 Å². The second-order valence-corrected chi connectivity index (χ2v) is 4.87. The van der Waals surface area contributed by atoms with Gasteiger partial charge in [-0.1, -0.05) is 30.3 Å². The fraction of sp³-hybridized carbons (Fsp3) is 0.500. The first-order valence-corrected chi connectivity index (χ1v) is 6.36. The minimum atomic E-state index is -0.722. The van der Waals surface area contributed by atoms with E-state index in [9.17, 15) is 4.79 Å². The molecular weight excluding hydrogens is 228 g/mol. The molecule has 0 unspecified atom stereocenters. The SMILES string of the molecule is CN1CCN(CCC(=O)O)[C@@H](c2ccccc2)C1. The van der Waals surface area contributed by atoms with Crippen molar-refractivity contribution in [2.45, 2.75) is 12.5 Å². The minimum Gasteiger partial charge on any atom is -0.481 e. The van der Waals surface area contributed by atoms with Gasteiger partial charge in [0.15, 0.2) is 0 Å². The molecule has 1 atom stereocenters. The van der Waals surface area contributed by atoms with Crippen LogP contribution in [0.5, 0.6) is 0 Å². The number of benzene rings is 1. The summed E-state index contributed by atoms with van der Waals surface area (Å²) < 4.78 is 0. The molecule has 1 heterocycles. The van der Waals surface area contributed by atoms with Crippen molar-refractivity contribution >= 4 is 5.97 Å². The average molecular weight is 248 g/mol. The van der Waals surface area contributed by atoms with Gasteiger partial charge in [-0.3, -0.25) is 9.69 Å². The molecule has 0 aliphatic carbocycles. The first-order valence-electron chi connectivity index (χ1n) is 6.36. The monoisotopic (exact) mass is 248 g/mol. The van der Waals surface area contributed by atoms with Gasteiger partial charge in [0.1, 0.15) is 0 Å². The first-order chi connectivity index (χ1) is 8.66. The molecule has 0 bridgehead atoms. The molecule has 0 saturated carbocycles. The third kappa shape index (κ3) is 3.31. The lowest BCUT2D eigenvalue weighted by atomic mass is 10.0. The molecule has 1 fully saturated rings. The highest BCUT2D eigenvalue weighted by Gasteiger charge is 2.26. The highest BCUT2D eigenvalue weighted by atomic mass is 16.4. The normalized spacial score (nSPS) is 21.9. The second kappa shape index (κ2) is 5.98. The summed E-state index contributed by atoms with van der Waals surface area (Å²) in [7, 11) is 2.12. The van der Waals surface area contributed by atoms with Crippen LogP contribution in [0.15, 0.2) is 30.3 Å². The minimum absolute atomic E-state index is 0.215. The lowest BCUT2D eigenvalue weighted by Gasteiger charge is -2.40. The van der Waals surface area contributed by atoms with Gasteiger partial charge in [0.25, 0.3) is 0 Å². The second-order valence-electron chi connectivity index (χ2n) is 4.87. The Bertz CT molecular complexity index is 394. The first kappa shape index (κ1) is 13.1. The lowest BCUT2D eigenvalue weighted by Crippen LogP contribution is -2.47. The number of carboxylic acid groups (broad SMARTS) is 1. The number of carboxylic acids is 1. The number of hydrogen-bond donors (Lipinski definition) is 1. The van der Waals surface area contributed by atoms with Crippen molar-refractivity contribution in [1.82, 2.24) is 9.80 Å². The molecule has 1 aliphatic heterocycles. The van der Waals surface area contributed by atoms with E-state index in [0.717, 1.165) is 19.6 Å². The fourth-order valence-corrected chi connectivity index (χ4v) is 2.46. The molecule has 0 aromatic heterocycles. The van der Waals surface area contributed by atoms with Crippen LogP contribution in [-0.2, 0) is 4.79 Å². The summed E-state index contributed by atoms with van der Waals surface area (Å²) in [4.78, 5) is 15.3. The number of piperazine rings is 1. The van der Waals surface area contributed by atoms with Crippen LogP contribution in [0.1, 0.15) is 18.0 Å². The Balaban J connectivity index is 2.08. The number of likely N-dealkylation sites (N-methyl/N-ethyl adjacent to an activating group) is 1. The van der Waals surface area contributed by atoms with Gasteiger partial charge in [-0.25, -0.2) is 0 Å². The maximum absolute atomic E-state index is 10.7. The van der Waals surface area contributed by atoms with Crippen LogP contribution >= 0.6 is 0 Å². The van der Waals surface area contributed by atoms with Crippen molar-refractivity contribution in [2.75, 3.05) is 33.2 Å². The highest BCUT2D eigenvalue weighted by molar-refractivity contribution is 5.66. The smallest absolute Gasteiger partial charge is 0.304 e. The molecule has 2 rings (SSSR count). The summed E-state index contributed by atoms with van der Waals surface area (Å²) in [6.45, 7) is 3.53. The molecule has 98 valence electrons. The summed E-state index contributed by atoms with van der Waals surface area (Å²) in [6, 6.07) is 10.6. The van der Waals surface area contributed by atoms with Crippen molar-refractivity contribution in [1.29, 1.82) is 0 Å². The number of rotatable bonds is 4. The molecule has 18 heavy (non-hydrogen) atoms. The Labute approximate surface area is 108 Å². The molecule has 1 aromatic rings. The molecule has 0 spiro atoms. The third-order valence-corrected chi connectivity index (χ3v) is 3.49. The van der Waals surface area contributed by atoms with E-state index >= 15 is 0 Å². The number of nitrogens with zero attached hydrogens (tertiary/aromatic N) is 2. The molecule has 4 nitrogen and oxygen atoms in total. The molecule has 0 radical (unpaired) electrons. The largest absolute Gasteiger partial charge is 0.481 e. The van der Waals surface area contributed by atoms with E-state index in [1.54, 1.807) is 0 Å². The summed E-state index contributed by atoms with van der Waals surface area (Å²) >= 11 is 0. The highest BCUT2D eigenvalue weighted by Crippen LogP contribution is 2.24. The molecule has 1 saturated heterocycles. The maximum atomic E-state index is 10.7. The van der Waals surface area contributed by atoms with Gasteiger partial charge in [-0.2, -0.15) is 0 Å². The molecule has 0 amide bonds. The molecule has 1 N–H and O–H groups in total. The Morgan fingerprint density at radius 2 is 2.06 bits per heavy atom. The molecular formula is C14H20N2O2. The van der Waals surface area contributed by atoms with Gasteiger partial charge < -0.3 is 10.0 Å². The van der Waals surface area contributed by atoms with Crippen LogP contribution < -0.4 is 0 Å². The topological polar surface area (TPSA) is 43.8 Å². The van der Waals surface area contributed by atoms with Crippen molar-refractivity contribution in [3.8, 4) is 0 Å². The lowest BCUT2D eigenvalue weighted by molar-refractivity contribution is -0.137. The number of carbonyl (C=O) groups is 1. The Morgan fingerprint density at radius 1 is 1.33 bits per heavy atom. The van der Waals surface area contributed by atoms with Crippen LogP contribution in [0.25, 0.3) is 0 Å². The van der Waals surface area contributed by atoms with Crippen molar-refractivity contribution in [3.05, 3.63) is 35.9 Å². The van der Waals surface area contributed by atoms with Crippen LogP contribution in [-0.4, -0.2) is 54.1 Å². The van der Waals surface area contributed by atoms with Crippen molar-refractivity contribution in [3.63, 3.8) is 0 Å². The Hall–Kier alpha value is -1.39. The van der Waals surface area contributed by atoms with Crippen LogP contribution in [0, 0.1) is 0 Å². The summed E-state index contributed by atoms with van der Waals surface area (Å²) in [5, 5.41) is 8.82. The van der Waals surface area contributed by atoms with Gasteiger partial charge in [0, 0.05) is 32.2 Å². The van der Waals surface area contributed by atoms with Crippen molar-refractivity contribution < 1.29 is 9.90 Å². The van der Waals surface area contributed by atoms with Crippen molar-refractivity contribution in [2.24, 2.45) is 0 Å². The number of aliphatic carboxylic acids is 1. The third-order valence-electron chi connectivity index (χ3n) is 3.49. The van der Waals surface area contributed by atoms with Crippen LogP contribution in [0.3, 0.4) is 0 Å². The zero-order chi connectivity index (χ0) is 13.0. The summed E-state index contributed by atoms with van der Waals surface area (Å²) in [6.07, 6.45) is 0.215. The van der Waals surface area contributed by atoms with E-state index in [4.69, 9.17) is 5.11 Å². The molecule has 1 aliphatic rings. The van der Waals surface area contributed by atoms with Gasteiger partial charge in [-0.05, 0) is 12.6 Å². The predicted molar refractivity (Wildman–Crippen MR) is 70.5 cm³/mol. The van der Waals surface area contributed by atoms with Gasteiger partial charge in [0.05, 0.1) is 6.42 Å². The standard InChI is InChI=1S/C14H20N2O2/c1-15-9-10-16(8-7-14(17)18)13(11-15)12-5-3-2-4-6-12/h2-6,13H,7-11H2,1H3,(H,17,18)/t13-/m1/s1. The molecule has 4 heteroatoms. The Morgan fingerprint density at radius 3 is 2.72 bits per heavy atom. The fourth-order valence-electron chi connectivity index (χ4n) is 2.46. The number of hydrogen-bond acceptors (Lipinski definition) is 3. The zero-order valence-corrected chi connectivity index (χ0v) is 10.7. The van der Waals surface area contributed by atoms with E-state index < -0.39 is 5.97 Å². The predicted octanol–water partition coefficient (Wildman–Crippen LogP) is 1.45.